The smallest absolute Gasteiger partial charge is 0.137 e. The Labute approximate surface area is 116 Å². The fourth-order valence-electron chi connectivity index (χ4n) is 2.85. The molecule has 1 saturated heterocycles. The van der Waals surface area contributed by atoms with Gasteiger partial charge in [-0.25, -0.2) is 4.98 Å². The molecule has 0 amide bonds. The Balaban J connectivity index is 1.97. The van der Waals surface area contributed by atoms with Gasteiger partial charge in [0.15, 0.2) is 0 Å². The minimum absolute atomic E-state index is 0.502. The van der Waals surface area contributed by atoms with Crippen LogP contribution in [-0.4, -0.2) is 27.4 Å². The van der Waals surface area contributed by atoms with Crippen LogP contribution in [0.3, 0.4) is 0 Å². The van der Waals surface area contributed by atoms with Crippen LogP contribution in [-0.2, 0) is 0 Å². The number of likely N-dealkylation sites (tertiary alicyclic amines) is 1. The molecule has 1 aliphatic rings. The van der Waals surface area contributed by atoms with E-state index in [1.54, 1.807) is 0 Å². The molecule has 0 N–H and O–H groups in total. The lowest BCUT2D eigenvalue weighted by Crippen LogP contribution is -2.33. The number of pyridine rings is 1. The van der Waals surface area contributed by atoms with E-state index in [0.717, 1.165) is 16.7 Å². The average molecular weight is 308 g/mol. The Kier molecular flexibility index (Phi) is 3.39. The molecule has 0 aromatic carbocycles. The topological polar surface area (TPSA) is 20.5 Å². The number of aromatic nitrogens is 2. The molecule has 1 aliphatic heterocycles. The monoisotopic (exact) mass is 307 g/mol. The summed E-state index contributed by atoms with van der Waals surface area (Å²) < 4.78 is 3.21. The molecule has 2 aromatic heterocycles. The number of hydrogen-bond donors (Lipinski definition) is 0. The van der Waals surface area contributed by atoms with Crippen LogP contribution in [0.2, 0.25) is 0 Å². The summed E-state index contributed by atoms with van der Waals surface area (Å²) in [6.45, 7) is 4.56. The van der Waals surface area contributed by atoms with Gasteiger partial charge in [-0.1, -0.05) is 13.3 Å². The van der Waals surface area contributed by atoms with Crippen molar-refractivity contribution >= 4 is 21.6 Å². The first kappa shape index (κ1) is 12.2. The molecule has 4 heteroatoms. The quantitative estimate of drug-likeness (QED) is 0.844. The number of fused-ring (bicyclic) bond motifs is 1. The van der Waals surface area contributed by atoms with Gasteiger partial charge in [0.1, 0.15) is 5.65 Å². The lowest BCUT2D eigenvalue weighted by Gasteiger charge is -2.33. The van der Waals surface area contributed by atoms with E-state index in [4.69, 9.17) is 4.98 Å². The summed E-state index contributed by atoms with van der Waals surface area (Å²) in [7, 11) is 0. The van der Waals surface area contributed by atoms with Crippen LogP contribution in [0.25, 0.3) is 5.65 Å². The standard InChI is InChI=1S/C14H18BrN3/c1-2-17-8-4-3-5-13(17)12-10-18-9-11(15)6-7-14(18)16-12/h6-7,9-10,13H,2-5,8H2,1H3. The molecule has 3 heterocycles. The summed E-state index contributed by atoms with van der Waals surface area (Å²) >= 11 is 3.50. The number of imidazole rings is 1. The molecular weight excluding hydrogens is 290 g/mol. The van der Waals surface area contributed by atoms with Crippen LogP contribution < -0.4 is 0 Å². The molecule has 0 radical (unpaired) electrons. The van der Waals surface area contributed by atoms with Crippen molar-refractivity contribution in [3.05, 3.63) is 34.7 Å². The highest BCUT2D eigenvalue weighted by atomic mass is 79.9. The zero-order valence-corrected chi connectivity index (χ0v) is 12.2. The van der Waals surface area contributed by atoms with Crippen LogP contribution in [0.15, 0.2) is 29.0 Å². The maximum absolute atomic E-state index is 4.78. The van der Waals surface area contributed by atoms with Crippen LogP contribution in [0.4, 0.5) is 0 Å². The van der Waals surface area contributed by atoms with Gasteiger partial charge in [-0.2, -0.15) is 0 Å². The van der Waals surface area contributed by atoms with Gasteiger partial charge in [0, 0.05) is 16.9 Å². The van der Waals surface area contributed by atoms with Gasteiger partial charge >= 0.3 is 0 Å². The maximum Gasteiger partial charge on any atom is 0.137 e. The molecule has 1 unspecified atom stereocenters. The molecule has 96 valence electrons. The first-order chi connectivity index (χ1) is 8.78. The van der Waals surface area contributed by atoms with Crippen molar-refractivity contribution in [2.24, 2.45) is 0 Å². The van der Waals surface area contributed by atoms with Crippen molar-refractivity contribution in [1.29, 1.82) is 0 Å². The summed E-state index contributed by atoms with van der Waals surface area (Å²) in [5.74, 6) is 0. The van der Waals surface area contributed by atoms with Crippen molar-refractivity contribution in [3.63, 3.8) is 0 Å². The van der Waals surface area contributed by atoms with E-state index in [2.05, 4.69) is 50.6 Å². The first-order valence-corrected chi connectivity index (χ1v) is 7.45. The largest absolute Gasteiger partial charge is 0.306 e. The Bertz CT molecular complexity index is 549. The molecule has 0 bridgehead atoms. The van der Waals surface area contributed by atoms with Crippen molar-refractivity contribution in [2.75, 3.05) is 13.1 Å². The fourth-order valence-corrected chi connectivity index (χ4v) is 3.20. The third kappa shape index (κ3) is 2.19. The molecule has 0 spiro atoms. The molecule has 1 fully saturated rings. The van der Waals surface area contributed by atoms with E-state index < -0.39 is 0 Å². The second-order valence-electron chi connectivity index (χ2n) is 4.92. The molecule has 2 aromatic rings. The van der Waals surface area contributed by atoms with Gasteiger partial charge in [-0.3, -0.25) is 4.90 Å². The first-order valence-electron chi connectivity index (χ1n) is 6.66. The molecule has 18 heavy (non-hydrogen) atoms. The molecule has 0 saturated carbocycles. The lowest BCUT2D eigenvalue weighted by molar-refractivity contribution is 0.154. The van der Waals surface area contributed by atoms with Gasteiger partial charge in [-0.15, -0.1) is 0 Å². The van der Waals surface area contributed by atoms with E-state index in [9.17, 15) is 0 Å². The summed E-state index contributed by atoms with van der Waals surface area (Å²) in [4.78, 5) is 7.32. The Morgan fingerprint density at radius 2 is 2.22 bits per heavy atom. The molecule has 0 aliphatic carbocycles. The lowest BCUT2D eigenvalue weighted by atomic mass is 10.00. The third-order valence-corrected chi connectivity index (χ3v) is 4.26. The number of halogens is 1. The van der Waals surface area contributed by atoms with E-state index in [1.165, 1.54) is 31.5 Å². The zero-order chi connectivity index (χ0) is 12.5. The van der Waals surface area contributed by atoms with Gasteiger partial charge in [-0.05, 0) is 54.0 Å². The Morgan fingerprint density at radius 3 is 3.06 bits per heavy atom. The van der Waals surface area contributed by atoms with Crippen LogP contribution in [0.5, 0.6) is 0 Å². The Hall–Kier alpha value is -0.870. The van der Waals surface area contributed by atoms with Gasteiger partial charge in [0.05, 0.1) is 11.7 Å². The van der Waals surface area contributed by atoms with E-state index in [1.807, 2.05) is 6.07 Å². The predicted octanol–water partition coefficient (Wildman–Crippen LogP) is 3.64. The van der Waals surface area contributed by atoms with E-state index in [-0.39, 0.29) is 0 Å². The average Bonchev–Trinajstić information content (AvgIpc) is 2.81. The maximum atomic E-state index is 4.78. The fraction of sp³-hybridized carbons (Fsp3) is 0.500. The van der Waals surface area contributed by atoms with Crippen LogP contribution in [0, 0.1) is 0 Å². The minimum atomic E-state index is 0.502. The second-order valence-corrected chi connectivity index (χ2v) is 5.83. The summed E-state index contributed by atoms with van der Waals surface area (Å²) in [6.07, 6.45) is 8.13. The summed E-state index contributed by atoms with van der Waals surface area (Å²) in [5, 5.41) is 0. The number of nitrogens with zero attached hydrogens (tertiary/aromatic N) is 3. The number of rotatable bonds is 2. The van der Waals surface area contributed by atoms with Crippen LogP contribution in [0.1, 0.15) is 37.9 Å². The summed E-state index contributed by atoms with van der Waals surface area (Å²) in [5.41, 5.74) is 2.25. The second kappa shape index (κ2) is 5.02. The SMILES string of the molecule is CCN1CCCCC1c1cn2cc(Br)ccc2n1. The van der Waals surface area contributed by atoms with Gasteiger partial charge in [0.2, 0.25) is 0 Å². The zero-order valence-electron chi connectivity index (χ0n) is 10.6. The Morgan fingerprint density at radius 1 is 1.33 bits per heavy atom. The number of piperidine rings is 1. The summed E-state index contributed by atoms with van der Waals surface area (Å²) in [6, 6.07) is 4.61. The minimum Gasteiger partial charge on any atom is -0.306 e. The highest BCUT2D eigenvalue weighted by Crippen LogP contribution is 2.30. The number of hydrogen-bond acceptors (Lipinski definition) is 2. The predicted molar refractivity (Wildman–Crippen MR) is 76.7 cm³/mol. The highest BCUT2D eigenvalue weighted by molar-refractivity contribution is 9.10. The van der Waals surface area contributed by atoms with Crippen molar-refractivity contribution in [3.8, 4) is 0 Å². The third-order valence-electron chi connectivity index (χ3n) is 3.79. The van der Waals surface area contributed by atoms with Gasteiger partial charge < -0.3 is 4.40 Å². The van der Waals surface area contributed by atoms with Crippen LogP contribution >= 0.6 is 15.9 Å². The highest BCUT2D eigenvalue weighted by Gasteiger charge is 2.24. The molecule has 3 rings (SSSR count). The molecular formula is C14H18BrN3. The normalized spacial score (nSPS) is 21.6. The molecule has 3 nitrogen and oxygen atoms in total. The van der Waals surface area contributed by atoms with Crippen molar-refractivity contribution < 1.29 is 0 Å². The van der Waals surface area contributed by atoms with Crippen molar-refractivity contribution in [1.82, 2.24) is 14.3 Å². The van der Waals surface area contributed by atoms with Gasteiger partial charge in [0.25, 0.3) is 0 Å². The molecule has 1 atom stereocenters. The van der Waals surface area contributed by atoms with E-state index >= 15 is 0 Å². The van der Waals surface area contributed by atoms with Crippen molar-refractivity contribution in [2.45, 2.75) is 32.2 Å². The van der Waals surface area contributed by atoms with E-state index in [0.29, 0.717) is 6.04 Å².